The molecule has 1 aliphatic heterocycles. The van der Waals surface area contributed by atoms with Gasteiger partial charge in [0, 0.05) is 11.4 Å². The summed E-state index contributed by atoms with van der Waals surface area (Å²) in [5.41, 5.74) is 2.30. The minimum absolute atomic E-state index is 0.210. The maximum Gasteiger partial charge on any atom is 0.336 e. The number of benzene rings is 1. The summed E-state index contributed by atoms with van der Waals surface area (Å²) in [6, 6.07) is 5.09. The summed E-state index contributed by atoms with van der Waals surface area (Å²) in [5, 5.41) is 3.66. The SMILES string of the molecule is CCO[13C](=O)[13C]1=[13C]([13CH3])NC(C)=C(C(=O)OC)C1c1cccc(Cl)c1Cl. The molecule has 0 saturated heterocycles. The minimum Gasteiger partial charge on any atom is -0.466 e. The number of allylic oxidation sites excluding steroid dienone is 2. The zero-order valence-corrected chi connectivity index (χ0v) is 15.9. The third-order valence-corrected chi connectivity index (χ3v) is 4.79. The van der Waals surface area contributed by atoms with E-state index in [0.717, 1.165) is 0 Å². The van der Waals surface area contributed by atoms with Crippen LogP contribution in [0.25, 0.3) is 0 Å². The van der Waals surface area contributed by atoms with E-state index in [9.17, 15) is 9.59 Å². The van der Waals surface area contributed by atoms with Gasteiger partial charge in [-0.3, -0.25) is 0 Å². The summed E-state index contributed by atoms with van der Waals surface area (Å²) in [4.78, 5) is 25.0. The fraction of sp³-hybridized carbons (Fsp3) is 0.333. The van der Waals surface area contributed by atoms with Gasteiger partial charge in [0.2, 0.25) is 0 Å². The molecule has 0 aliphatic carbocycles. The standard InChI is InChI=1S/C18H19Cl2NO4/c1-5-25-18(23)14-10(3)21-9(2)13(17(22)24-4)15(14)11-7-6-8-12(19)16(11)20/h6-8,15,21H,5H2,1-4H3/i3+1,10+1,14+1,18+1. The molecule has 1 heterocycles. The number of esters is 2. The van der Waals surface area contributed by atoms with Crippen LogP contribution >= 0.6 is 23.2 Å². The van der Waals surface area contributed by atoms with E-state index in [4.69, 9.17) is 32.7 Å². The Bertz CT molecular complexity index is 783. The Morgan fingerprint density at radius 2 is 1.72 bits per heavy atom. The Morgan fingerprint density at radius 3 is 2.28 bits per heavy atom. The number of dihydropyridines is 1. The van der Waals surface area contributed by atoms with Gasteiger partial charge in [0.05, 0.1) is 40.8 Å². The molecule has 0 amide bonds. The molecule has 134 valence electrons. The number of hydrogen-bond acceptors (Lipinski definition) is 5. The molecule has 1 unspecified atom stereocenters. The normalized spacial score (nSPS) is 17.3. The molecule has 0 bridgehead atoms. The summed E-state index contributed by atoms with van der Waals surface area (Å²) >= 11 is 12.5. The number of hydrogen-bond donors (Lipinski definition) is 1. The van der Waals surface area contributed by atoms with Crippen molar-refractivity contribution in [3.63, 3.8) is 0 Å². The Hall–Kier alpha value is -1.98. The molecule has 1 N–H and O–H groups in total. The van der Waals surface area contributed by atoms with E-state index < -0.39 is 17.9 Å². The van der Waals surface area contributed by atoms with Gasteiger partial charge in [0.1, 0.15) is 0 Å². The predicted molar refractivity (Wildman–Crippen MR) is 96.4 cm³/mol. The highest BCUT2D eigenvalue weighted by molar-refractivity contribution is 6.42. The van der Waals surface area contributed by atoms with Crippen molar-refractivity contribution in [2.75, 3.05) is 13.7 Å². The van der Waals surface area contributed by atoms with E-state index in [2.05, 4.69) is 5.32 Å². The highest BCUT2D eigenvalue weighted by atomic mass is 35.5. The third kappa shape index (κ3) is 3.67. The average molecular weight is 388 g/mol. The highest BCUT2D eigenvalue weighted by Crippen LogP contribution is 2.43. The smallest absolute Gasteiger partial charge is 0.336 e. The average Bonchev–Trinajstić information content (AvgIpc) is 2.56. The van der Waals surface area contributed by atoms with Gasteiger partial charge in [0.25, 0.3) is 0 Å². The van der Waals surface area contributed by atoms with Crippen LogP contribution in [0.5, 0.6) is 0 Å². The molecular formula is C18H19Cl2NO4. The molecule has 0 spiro atoms. The topological polar surface area (TPSA) is 64.6 Å². The number of carbonyl (C=O) groups excluding carboxylic acids is 2. The van der Waals surface area contributed by atoms with Crippen molar-refractivity contribution in [3.05, 3.63) is 56.3 Å². The first-order chi connectivity index (χ1) is 11.8. The largest absolute Gasteiger partial charge is 0.466 e. The van der Waals surface area contributed by atoms with E-state index in [1.165, 1.54) is 7.11 Å². The molecule has 0 fully saturated rings. The minimum atomic E-state index is -0.737. The lowest BCUT2D eigenvalue weighted by Gasteiger charge is -2.30. The van der Waals surface area contributed by atoms with Crippen LogP contribution in [0, 0.1) is 0 Å². The lowest BCUT2D eigenvalue weighted by molar-refractivity contribution is -0.139. The summed E-state index contributed by atoms with van der Waals surface area (Å²) in [7, 11) is 1.29. The van der Waals surface area contributed by atoms with E-state index in [0.29, 0.717) is 33.1 Å². The maximum atomic E-state index is 12.6. The van der Waals surface area contributed by atoms with Gasteiger partial charge in [-0.05, 0) is 32.4 Å². The lowest BCUT2D eigenvalue weighted by atomic mass is 9.93. The fourth-order valence-corrected chi connectivity index (χ4v) is 3.33. The molecule has 1 atom stereocenters. The van der Waals surface area contributed by atoms with Gasteiger partial charge < -0.3 is 14.8 Å². The van der Waals surface area contributed by atoms with Crippen molar-refractivity contribution in [1.82, 2.24) is 5.32 Å². The second kappa shape index (κ2) is 7.93. The first kappa shape index (κ1) is 19.3. The summed E-state index contributed by atoms with van der Waals surface area (Å²) in [6.45, 7) is 5.41. The van der Waals surface area contributed by atoms with E-state index in [-0.39, 0.29) is 11.6 Å². The Kier molecular flexibility index (Phi) is 6.14. The van der Waals surface area contributed by atoms with Gasteiger partial charge >= 0.3 is 11.9 Å². The predicted octanol–water partition coefficient (Wildman–Crippen LogP) is 3.96. The number of ether oxygens (including phenoxy) is 2. The molecule has 0 aromatic heterocycles. The van der Waals surface area contributed by atoms with E-state index in [1.807, 2.05) is 0 Å². The number of nitrogens with one attached hydrogen (secondary N) is 1. The van der Waals surface area contributed by atoms with Crippen LogP contribution < -0.4 is 5.32 Å². The Balaban J connectivity index is 2.74. The first-order valence-corrected chi connectivity index (χ1v) is 8.46. The number of halogens is 2. The Morgan fingerprint density at radius 1 is 1.12 bits per heavy atom. The Labute approximate surface area is 156 Å². The van der Waals surface area contributed by atoms with Crippen LogP contribution in [0.4, 0.5) is 0 Å². The second-order valence-electron chi connectivity index (χ2n) is 5.49. The summed E-state index contributed by atoms with van der Waals surface area (Å²) in [5.74, 6) is -1.82. The van der Waals surface area contributed by atoms with Crippen molar-refractivity contribution >= 4 is 35.1 Å². The van der Waals surface area contributed by atoms with E-state index >= 15 is 0 Å². The highest BCUT2D eigenvalue weighted by Gasteiger charge is 2.38. The molecule has 0 saturated carbocycles. The fourth-order valence-electron chi connectivity index (χ4n) is 2.91. The van der Waals surface area contributed by atoms with Crippen molar-refractivity contribution in [1.29, 1.82) is 0 Å². The van der Waals surface area contributed by atoms with Gasteiger partial charge in [0.15, 0.2) is 0 Å². The first-order valence-electron chi connectivity index (χ1n) is 7.71. The maximum absolute atomic E-state index is 12.6. The van der Waals surface area contributed by atoms with Crippen LogP contribution in [0.15, 0.2) is 40.7 Å². The number of rotatable bonds is 4. The zero-order chi connectivity index (χ0) is 18.7. The van der Waals surface area contributed by atoms with Crippen molar-refractivity contribution in [2.24, 2.45) is 0 Å². The molecule has 1 aromatic carbocycles. The van der Waals surface area contributed by atoms with Gasteiger partial charge in [-0.25, -0.2) is 9.59 Å². The third-order valence-electron chi connectivity index (χ3n) is 3.95. The molecule has 1 aliphatic rings. The number of carbonyl (C=O) groups is 2. The van der Waals surface area contributed by atoms with Crippen molar-refractivity contribution < 1.29 is 19.1 Å². The molecule has 25 heavy (non-hydrogen) atoms. The quantitative estimate of drug-likeness (QED) is 0.625. The van der Waals surface area contributed by atoms with Crippen LogP contribution in [0.1, 0.15) is 32.3 Å². The van der Waals surface area contributed by atoms with Gasteiger partial charge in [-0.1, -0.05) is 35.3 Å². The molecule has 2 rings (SSSR count). The second-order valence-corrected chi connectivity index (χ2v) is 6.28. The van der Waals surface area contributed by atoms with Gasteiger partial charge in [-0.15, -0.1) is 0 Å². The van der Waals surface area contributed by atoms with Crippen molar-refractivity contribution in [3.8, 4) is 0 Å². The number of methoxy groups -OCH3 is 1. The van der Waals surface area contributed by atoms with Crippen LogP contribution in [0.3, 0.4) is 0 Å². The molecule has 7 heteroatoms. The van der Waals surface area contributed by atoms with Crippen LogP contribution in [0.2, 0.25) is 10.0 Å². The molecule has 0 radical (unpaired) electrons. The van der Waals surface area contributed by atoms with Crippen molar-refractivity contribution in [2.45, 2.75) is 26.7 Å². The van der Waals surface area contributed by atoms with Crippen LogP contribution in [-0.4, -0.2) is 25.7 Å². The van der Waals surface area contributed by atoms with E-state index in [1.54, 1.807) is 39.0 Å². The monoisotopic (exact) mass is 387 g/mol. The van der Waals surface area contributed by atoms with Gasteiger partial charge in [-0.2, -0.15) is 0 Å². The summed E-state index contributed by atoms with van der Waals surface area (Å²) < 4.78 is 10.1. The summed E-state index contributed by atoms with van der Waals surface area (Å²) in [6.07, 6.45) is 0. The van der Waals surface area contributed by atoms with Crippen LogP contribution in [-0.2, 0) is 19.1 Å². The lowest BCUT2D eigenvalue weighted by Crippen LogP contribution is -2.32. The molecule has 1 aromatic rings. The molecular weight excluding hydrogens is 369 g/mol. The molecule has 5 nitrogen and oxygen atoms in total. The zero-order valence-electron chi connectivity index (χ0n) is 14.4.